The summed E-state index contributed by atoms with van der Waals surface area (Å²) >= 11 is 6.21. The van der Waals surface area contributed by atoms with Crippen LogP contribution in [0.5, 0.6) is 0 Å². The van der Waals surface area contributed by atoms with Crippen molar-refractivity contribution in [3.8, 4) is 0 Å². The van der Waals surface area contributed by atoms with E-state index in [-0.39, 0.29) is 29.3 Å². The minimum Gasteiger partial charge on any atom is -0.389 e. The van der Waals surface area contributed by atoms with Crippen molar-refractivity contribution in [2.75, 3.05) is 53.5 Å². The van der Waals surface area contributed by atoms with E-state index in [4.69, 9.17) is 21.7 Å². The number of aliphatic hydroxyl groups excluding tert-OH is 2. The van der Waals surface area contributed by atoms with Crippen LogP contribution in [-0.4, -0.2) is 95.2 Å². The van der Waals surface area contributed by atoms with Gasteiger partial charge in [-0.3, -0.25) is 9.52 Å². The molecular formula is C25H30ClN7O5S. The molecule has 3 N–H and O–H groups in total. The molecule has 3 aliphatic rings. The number of nitrogens with zero attached hydrogens (tertiary/aromatic N) is 6. The number of fused-ring (bicyclic) bond motifs is 1. The number of aromatic nitrogens is 3. The van der Waals surface area contributed by atoms with Crippen molar-refractivity contribution in [2.24, 2.45) is 0 Å². The van der Waals surface area contributed by atoms with Gasteiger partial charge >= 0.3 is 0 Å². The lowest BCUT2D eigenvalue weighted by Gasteiger charge is -2.40. The number of aliphatic hydroxyl groups is 2. The number of nitrogens with one attached hydrogen (secondary N) is 1. The quantitative estimate of drug-likeness (QED) is 0.398. The lowest BCUT2D eigenvalue weighted by atomic mass is 9.98. The van der Waals surface area contributed by atoms with Crippen LogP contribution in [0.2, 0.25) is 5.02 Å². The monoisotopic (exact) mass is 575 g/mol. The minimum absolute atomic E-state index is 0.174. The molecule has 0 aliphatic carbocycles. The number of hydrogen-bond acceptors (Lipinski definition) is 9. The number of carbonyl (C=O) groups excluding carboxylic acids is 1. The number of carbonyl (C=O) groups is 1. The zero-order valence-corrected chi connectivity index (χ0v) is 22.9. The second-order valence-electron chi connectivity index (χ2n) is 10.5. The molecule has 3 fully saturated rings. The van der Waals surface area contributed by atoms with E-state index in [0.717, 1.165) is 30.7 Å². The summed E-state index contributed by atoms with van der Waals surface area (Å²) in [6.45, 7) is 2.45. The molecule has 39 heavy (non-hydrogen) atoms. The van der Waals surface area contributed by atoms with Crippen molar-refractivity contribution in [2.45, 2.75) is 37.5 Å². The Morgan fingerprint density at radius 2 is 1.77 bits per heavy atom. The van der Waals surface area contributed by atoms with Crippen molar-refractivity contribution in [3.63, 3.8) is 0 Å². The van der Waals surface area contributed by atoms with E-state index in [1.807, 2.05) is 21.9 Å². The summed E-state index contributed by atoms with van der Waals surface area (Å²) in [4.78, 5) is 24.4. The number of hydrogen-bond donors (Lipinski definition) is 3. The second-order valence-corrected chi connectivity index (χ2v) is 12.7. The van der Waals surface area contributed by atoms with Crippen molar-refractivity contribution in [3.05, 3.63) is 46.6 Å². The van der Waals surface area contributed by atoms with Gasteiger partial charge < -0.3 is 24.9 Å². The highest BCUT2D eigenvalue weighted by Gasteiger charge is 2.34. The largest absolute Gasteiger partial charge is 0.389 e. The van der Waals surface area contributed by atoms with Crippen LogP contribution in [0.1, 0.15) is 41.4 Å². The Hall–Kier alpha value is -3.13. The van der Waals surface area contributed by atoms with Crippen LogP contribution in [0.15, 0.2) is 30.3 Å². The molecule has 12 nitrogen and oxygen atoms in total. The predicted molar refractivity (Wildman–Crippen MR) is 147 cm³/mol. The lowest BCUT2D eigenvalue weighted by Crippen LogP contribution is -2.53. The van der Waals surface area contributed by atoms with E-state index in [2.05, 4.69) is 4.72 Å². The van der Waals surface area contributed by atoms with Crippen molar-refractivity contribution in [1.29, 1.82) is 0 Å². The van der Waals surface area contributed by atoms with Gasteiger partial charge in [-0.05, 0) is 37.5 Å². The van der Waals surface area contributed by atoms with Gasteiger partial charge in [0.1, 0.15) is 11.6 Å². The maximum atomic E-state index is 13.9. The summed E-state index contributed by atoms with van der Waals surface area (Å²) < 4.78 is 28.1. The first-order valence-corrected chi connectivity index (χ1v) is 15.2. The Morgan fingerprint density at radius 1 is 1.05 bits per heavy atom. The Kier molecular flexibility index (Phi) is 6.57. The molecule has 208 valence electrons. The molecular weight excluding hydrogens is 546 g/mol. The molecule has 0 spiro atoms. The van der Waals surface area contributed by atoms with E-state index >= 15 is 0 Å². The predicted octanol–water partition coefficient (Wildman–Crippen LogP) is 1.48. The maximum Gasteiger partial charge on any atom is 0.256 e. The minimum atomic E-state index is -3.62. The van der Waals surface area contributed by atoms with E-state index < -0.39 is 16.1 Å². The molecule has 0 bridgehead atoms. The summed E-state index contributed by atoms with van der Waals surface area (Å²) in [6, 6.07) is 7.96. The molecule has 0 saturated carbocycles. The molecule has 0 radical (unpaired) electrons. The number of sulfonamides is 1. The number of piperidine rings is 1. The standard InChI is InChI=1S/C25H30ClN7O5S/c1-39(37,38)29-19-6-5-15(26)8-18(19)25(36)32-7-3-2-4-21(32)20-9-23-27-22(30-11-16(34)12-30)10-24(33(23)28-20)31-13-17(35)14-31/h5-6,8-10,16-17,21,29,34-35H,2-4,7,11-14H2,1H3/t21-/m0/s1. The number of rotatable bonds is 6. The third-order valence-electron chi connectivity index (χ3n) is 7.40. The van der Waals surface area contributed by atoms with E-state index in [9.17, 15) is 23.4 Å². The third kappa shape index (κ3) is 5.11. The molecule has 1 atom stereocenters. The Bertz CT molecular complexity index is 1540. The van der Waals surface area contributed by atoms with Crippen LogP contribution < -0.4 is 14.5 Å². The van der Waals surface area contributed by atoms with Crippen LogP contribution in [0.4, 0.5) is 17.3 Å². The topological polar surface area (TPSA) is 144 Å². The molecule has 1 amide bonds. The Balaban J connectivity index is 1.37. The molecule has 1 aromatic carbocycles. The molecule has 3 aliphatic heterocycles. The number of amides is 1. The average molecular weight is 576 g/mol. The molecule has 0 unspecified atom stereocenters. The van der Waals surface area contributed by atoms with Crippen LogP contribution >= 0.6 is 11.6 Å². The van der Waals surface area contributed by atoms with E-state index in [1.54, 1.807) is 9.42 Å². The van der Waals surface area contributed by atoms with Crippen LogP contribution in [0.3, 0.4) is 0 Å². The van der Waals surface area contributed by atoms with Gasteiger partial charge in [0.05, 0.1) is 41.5 Å². The smallest absolute Gasteiger partial charge is 0.256 e. The van der Waals surface area contributed by atoms with Gasteiger partial charge in [0.15, 0.2) is 5.65 Å². The molecule has 2 aromatic heterocycles. The first-order valence-electron chi connectivity index (χ1n) is 12.9. The SMILES string of the molecule is CS(=O)(=O)Nc1ccc(Cl)cc1C(=O)N1CCCC[C@H]1c1cc2nc(N3CC(O)C3)cc(N3CC(O)C3)n2n1. The fraction of sp³-hybridized carbons (Fsp3) is 0.480. The summed E-state index contributed by atoms with van der Waals surface area (Å²) in [5, 5.41) is 24.9. The van der Waals surface area contributed by atoms with Gasteiger partial charge in [0.25, 0.3) is 5.91 Å². The van der Waals surface area contributed by atoms with E-state index in [0.29, 0.717) is 55.5 Å². The van der Waals surface area contributed by atoms with Gasteiger partial charge in [0.2, 0.25) is 10.0 Å². The fourth-order valence-electron chi connectivity index (χ4n) is 5.42. The Morgan fingerprint density at radius 3 is 2.46 bits per heavy atom. The van der Waals surface area contributed by atoms with Crippen molar-refractivity contribution < 1.29 is 23.4 Å². The van der Waals surface area contributed by atoms with Gasteiger partial charge in [-0.15, -0.1) is 0 Å². The highest BCUT2D eigenvalue weighted by molar-refractivity contribution is 7.92. The molecule has 5 heterocycles. The van der Waals surface area contributed by atoms with Crippen LogP contribution in [-0.2, 0) is 10.0 Å². The first kappa shape index (κ1) is 26.1. The number of β-amino-alcohol motifs (C(OH)–C–C–N with tert-alkyl or cyclic N) is 2. The van der Waals surface area contributed by atoms with Gasteiger partial charge in [-0.25, -0.2) is 13.4 Å². The van der Waals surface area contributed by atoms with Crippen LogP contribution in [0.25, 0.3) is 5.65 Å². The first-order chi connectivity index (χ1) is 18.6. The maximum absolute atomic E-state index is 13.9. The number of benzene rings is 1. The molecule has 14 heteroatoms. The summed E-state index contributed by atoms with van der Waals surface area (Å²) in [6.07, 6.45) is 2.65. The zero-order chi connectivity index (χ0) is 27.5. The van der Waals surface area contributed by atoms with E-state index in [1.165, 1.54) is 18.2 Å². The van der Waals surface area contributed by atoms with Crippen LogP contribution in [0, 0.1) is 0 Å². The van der Waals surface area contributed by atoms with Crippen molar-refractivity contribution in [1.82, 2.24) is 19.5 Å². The van der Waals surface area contributed by atoms with Crippen molar-refractivity contribution >= 4 is 50.5 Å². The highest BCUT2D eigenvalue weighted by atomic mass is 35.5. The third-order valence-corrected chi connectivity index (χ3v) is 8.22. The second kappa shape index (κ2) is 9.81. The highest BCUT2D eigenvalue weighted by Crippen LogP contribution is 2.36. The number of anilines is 3. The molecule has 6 rings (SSSR count). The summed E-state index contributed by atoms with van der Waals surface area (Å²) in [5.74, 6) is 1.18. The summed E-state index contributed by atoms with van der Waals surface area (Å²) in [7, 11) is -3.62. The summed E-state index contributed by atoms with van der Waals surface area (Å²) in [5.41, 5.74) is 1.64. The molecule has 3 aromatic rings. The lowest BCUT2D eigenvalue weighted by molar-refractivity contribution is 0.0606. The fourth-order valence-corrected chi connectivity index (χ4v) is 6.17. The van der Waals surface area contributed by atoms with Gasteiger partial charge in [-0.2, -0.15) is 9.61 Å². The Labute approximate surface area is 230 Å². The zero-order valence-electron chi connectivity index (χ0n) is 21.4. The normalized spacial score (nSPS) is 20.7. The van der Waals surface area contributed by atoms with Gasteiger partial charge in [-0.1, -0.05) is 11.6 Å². The number of likely N-dealkylation sites (tertiary alicyclic amines) is 1. The molecule has 3 saturated heterocycles. The van der Waals surface area contributed by atoms with Gasteiger partial charge in [0, 0.05) is 49.9 Å². The number of halogens is 1. The average Bonchev–Trinajstić information content (AvgIpc) is 3.28.